The molecule has 0 nitrogen and oxygen atoms in total. The minimum absolute atomic E-state index is 0.675. The van der Waals surface area contributed by atoms with Gasteiger partial charge in [0.15, 0.2) is 0 Å². The molecule has 2 rings (SSSR count). The summed E-state index contributed by atoms with van der Waals surface area (Å²) in [4.78, 5) is 0. The minimum Gasteiger partial charge on any atom is -0.0623 e. The third-order valence-electron chi connectivity index (χ3n) is 4.80. The molecule has 0 heterocycles. The van der Waals surface area contributed by atoms with Crippen LogP contribution in [0.25, 0.3) is 0 Å². The Morgan fingerprint density at radius 1 is 1.08 bits per heavy atom. The van der Waals surface area contributed by atoms with E-state index in [4.69, 9.17) is 0 Å². The highest BCUT2D eigenvalue weighted by Crippen LogP contribution is 2.51. The van der Waals surface area contributed by atoms with Gasteiger partial charge in [0.25, 0.3) is 0 Å². The number of hydrogen-bond acceptors (Lipinski definition) is 0. The first-order chi connectivity index (χ1) is 6.10. The Morgan fingerprint density at radius 3 is 2.08 bits per heavy atom. The average molecular weight is 180 g/mol. The van der Waals surface area contributed by atoms with E-state index < -0.39 is 0 Å². The number of fused-ring (bicyclic) bond motifs is 2. The van der Waals surface area contributed by atoms with Crippen molar-refractivity contribution < 1.29 is 0 Å². The molecule has 0 aromatic rings. The van der Waals surface area contributed by atoms with Crippen molar-refractivity contribution in [2.45, 2.75) is 59.3 Å². The normalized spacial score (nSPS) is 45.2. The van der Waals surface area contributed by atoms with Gasteiger partial charge < -0.3 is 0 Å². The van der Waals surface area contributed by atoms with Gasteiger partial charge >= 0.3 is 0 Å². The molecule has 2 aliphatic carbocycles. The SMILES string of the molecule is CC(C)C1(C)CC2CCCC(C2)C1. The van der Waals surface area contributed by atoms with Gasteiger partial charge in [-0.25, -0.2) is 0 Å². The smallest absolute Gasteiger partial charge is 0.0298 e. The topological polar surface area (TPSA) is 0 Å². The van der Waals surface area contributed by atoms with E-state index >= 15 is 0 Å². The maximum absolute atomic E-state index is 2.53. The van der Waals surface area contributed by atoms with E-state index in [1.165, 1.54) is 32.1 Å². The maximum Gasteiger partial charge on any atom is -0.0298 e. The summed E-state index contributed by atoms with van der Waals surface area (Å²) in [6.45, 7) is 7.37. The van der Waals surface area contributed by atoms with Gasteiger partial charge in [-0.05, 0) is 42.4 Å². The molecule has 2 fully saturated rings. The van der Waals surface area contributed by atoms with Crippen molar-refractivity contribution in [1.82, 2.24) is 0 Å². The van der Waals surface area contributed by atoms with Gasteiger partial charge in [-0.3, -0.25) is 0 Å². The predicted molar refractivity (Wildman–Crippen MR) is 57.6 cm³/mol. The van der Waals surface area contributed by atoms with Crippen LogP contribution in [0, 0.1) is 23.2 Å². The molecule has 13 heavy (non-hydrogen) atoms. The Balaban J connectivity index is 2.08. The van der Waals surface area contributed by atoms with E-state index in [0.29, 0.717) is 5.41 Å². The summed E-state index contributed by atoms with van der Waals surface area (Å²) in [5, 5.41) is 0. The van der Waals surface area contributed by atoms with Crippen LogP contribution in [0.1, 0.15) is 59.3 Å². The van der Waals surface area contributed by atoms with Crippen molar-refractivity contribution in [1.29, 1.82) is 0 Å². The Morgan fingerprint density at radius 2 is 1.62 bits per heavy atom. The van der Waals surface area contributed by atoms with Crippen LogP contribution in [0.4, 0.5) is 0 Å². The van der Waals surface area contributed by atoms with Crippen molar-refractivity contribution in [3.63, 3.8) is 0 Å². The zero-order chi connectivity index (χ0) is 9.47. The third kappa shape index (κ3) is 1.78. The Labute approximate surface area is 83.1 Å². The van der Waals surface area contributed by atoms with Crippen LogP contribution in [-0.4, -0.2) is 0 Å². The van der Waals surface area contributed by atoms with Gasteiger partial charge in [-0.15, -0.1) is 0 Å². The highest BCUT2D eigenvalue weighted by atomic mass is 14.5. The molecular formula is C13H24. The summed E-state index contributed by atoms with van der Waals surface area (Å²) in [5.74, 6) is 3.05. The van der Waals surface area contributed by atoms with E-state index in [9.17, 15) is 0 Å². The first kappa shape index (κ1) is 9.55. The fraction of sp³-hybridized carbons (Fsp3) is 1.00. The molecule has 0 N–H and O–H groups in total. The lowest BCUT2D eigenvalue weighted by atomic mass is 9.58. The molecule has 0 aliphatic heterocycles. The van der Waals surface area contributed by atoms with E-state index in [0.717, 1.165) is 17.8 Å². The summed E-state index contributed by atoms with van der Waals surface area (Å²) < 4.78 is 0. The van der Waals surface area contributed by atoms with Crippen molar-refractivity contribution in [2.24, 2.45) is 23.2 Å². The lowest BCUT2D eigenvalue weighted by Gasteiger charge is -2.47. The fourth-order valence-corrected chi connectivity index (χ4v) is 3.65. The van der Waals surface area contributed by atoms with Crippen LogP contribution < -0.4 is 0 Å². The fourth-order valence-electron chi connectivity index (χ4n) is 3.65. The van der Waals surface area contributed by atoms with E-state index in [1.54, 1.807) is 6.42 Å². The summed E-state index contributed by atoms with van der Waals surface area (Å²) >= 11 is 0. The second-order valence-electron chi connectivity index (χ2n) is 6.12. The van der Waals surface area contributed by atoms with Gasteiger partial charge in [-0.2, -0.15) is 0 Å². The second kappa shape index (κ2) is 3.29. The van der Waals surface area contributed by atoms with Gasteiger partial charge in [0, 0.05) is 0 Å². The van der Waals surface area contributed by atoms with E-state index in [-0.39, 0.29) is 0 Å². The molecule has 0 aromatic carbocycles. The van der Waals surface area contributed by atoms with Crippen LogP contribution in [0.5, 0.6) is 0 Å². The van der Waals surface area contributed by atoms with E-state index in [1.807, 2.05) is 0 Å². The Bertz CT molecular complexity index is 168. The van der Waals surface area contributed by atoms with Crippen LogP contribution in [-0.2, 0) is 0 Å². The first-order valence-corrected chi connectivity index (χ1v) is 6.10. The molecule has 0 amide bonds. The average Bonchev–Trinajstić information content (AvgIpc) is 2.02. The molecule has 2 atom stereocenters. The highest BCUT2D eigenvalue weighted by molar-refractivity contribution is 4.91. The van der Waals surface area contributed by atoms with Crippen LogP contribution in [0.2, 0.25) is 0 Å². The van der Waals surface area contributed by atoms with Gasteiger partial charge in [-0.1, -0.05) is 40.0 Å². The van der Waals surface area contributed by atoms with Crippen LogP contribution in [0.3, 0.4) is 0 Å². The molecule has 0 heteroatoms. The highest BCUT2D eigenvalue weighted by Gasteiger charge is 2.40. The summed E-state index contributed by atoms with van der Waals surface area (Å²) in [5.41, 5.74) is 0.675. The zero-order valence-corrected chi connectivity index (χ0v) is 9.47. The second-order valence-corrected chi connectivity index (χ2v) is 6.12. The zero-order valence-electron chi connectivity index (χ0n) is 9.47. The van der Waals surface area contributed by atoms with Gasteiger partial charge in [0.2, 0.25) is 0 Å². The largest absolute Gasteiger partial charge is 0.0623 e. The molecule has 2 bridgehead atoms. The summed E-state index contributed by atoms with van der Waals surface area (Å²) in [7, 11) is 0. The standard InChI is InChI=1S/C13H24/c1-10(2)13(3)8-11-5-4-6-12(7-11)9-13/h10-12H,4-9H2,1-3H3. The van der Waals surface area contributed by atoms with E-state index in [2.05, 4.69) is 20.8 Å². The van der Waals surface area contributed by atoms with Crippen molar-refractivity contribution in [3.05, 3.63) is 0 Å². The number of rotatable bonds is 1. The quantitative estimate of drug-likeness (QED) is 0.566. The predicted octanol–water partition coefficient (Wildman–Crippen LogP) is 4.25. The Kier molecular flexibility index (Phi) is 2.42. The maximum atomic E-state index is 2.53. The van der Waals surface area contributed by atoms with Crippen LogP contribution >= 0.6 is 0 Å². The van der Waals surface area contributed by atoms with Crippen molar-refractivity contribution in [2.75, 3.05) is 0 Å². The van der Waals surface area contributed by atoms with Crippen molar-refractivity contribution >= 4 is 0 Å². The summed E-state index contributed by atoms with van der Waals surface area (Å²) in [6, 6.07) is 0. The van der Waals surface area contributed by atoms with Gasteiger partial charge in [0.05, 0.1) is 0 Å². The minimum atomic E-state index is 0.675. The summed E-state index contributed by atoms with van der Waals surface area (Å²) in [6.07, 6.45) is 9.16. The third-order valence-corrected chi connectivity index (χ3v) is 4.80. The molecular weight excluding hydrogens is 156 g/mol. The number of hydrogen-bond donors (Lipinski definition) is 0. The monoisotopic (exact) mass is 180 g/mol. The van der Waals surface area contributed by atoms with Crippen LogP contribution in [0.15, 0.2) is 0 Å². The van der Waals surface area contributed by atoms with Crippen molar-refractivity contribution in [3.8, 4) is 0 Å². The molecule has 2 saturated carbocycles. The van der Waals surface area contributed by atoms with Gasteiger partial charge in [0.1, 0.15) is 0 Å². The molecule has 0 saturated heterocycles. The molecule has 0 radical (unpaired) electrons. The molecule has 2 aliphatic rings. The lowest BCUT2D eigenvalue weighted by molar-refractivity contribution is 0.0332. The first-order valence-electron chi connectivity index (χ1n) is 6.10. The molecule has 76 valence electrons. The Hall–Kier alpha value is 0. The lowest BCUT2D eigenvalue weighted by Crippen LogP contribution is -2.37. The molecule has 2 unspecified atom stereocenters. The molecule has 0 aromatic heterocycles. The molecule has 0 spiro atoms.